The summed E-state index contributed by atoms with van der Waals surface area (Å²) in [6, 6.07) is 13.4. The number of carbonyl (C=O) groups is 1. The molecule has 3 nitrogen and oxygen atoms in total. The third-order valence-electron chi connectivity index (χ3n) is 4.12. The zero-order valence-electron chi connectivity index (χ0n) is 12.5. The van der Waals surface area contributed by atoms with Gasteiger partial charge in [-0.05, 0) is 54.8 Å². The molecule has 0 atom stereocenters. The summed E-state index contributed by atoms with van der Waals surface area (Å²) in [5, 5.41) is 3.52. The summed E-state index contributed by atoms with van der Waals surface area (Å²) in [5.74, 6) is 0.183. The number of carbonyl (C=O) groups excluding carboxylic acids is 1. The predicted molar refractivity (Wildman–Crippen MR) is 87.3 cm³/mol. The van der Waals surface area contributed by atoms with Gasteiger partial charge in [0, 0.05) is 17.0 Å². The average molecular weight is 334 g/mol. The van der Waals surface area contributed by atoms with E-state index in [9.17, 15) is 9.18 Å². The maximum absolute atomic E-state index is 13.0. The molecule has 0 unspecified atom stereocenters. The van der Waals surface area contributed by atoms with Gasteiger partial charge in [0.25, 0.3) is 5.91 Å². The van der Waals surface area contributed by atoms with Crippen LogP contribution in [-0.4, -0.2) is 19.1 Å². The highest BCUT2D eigenvalue weighted by atomic mass is 35.5. The Labute approximate surface area is 139 Å². The van der Waals surface area contributed by atoms with Crippen LogP contribution < -0.4 is 10.1 Å². The van der Waals surface area contributed by atoms with Gasteiger partial charge in [0.1, 0.15) is 11.6 Å². The first kappa shape index (κ1) is 15.8. The highest BCUT2D eigenvalue weighted by molar-refractivity contribution is 6.30. The molecule has 0 heterocycles. The van der Waals surface area contributed by atoms with Crippen LogP contribution >= 0.6 is 11.6 Å². The number of amides is 1. The van der Waals surface area contributed by atoms with Gasteiger partial charge in [-0.3, -0.25) is 4.79 Å². The van der Waals surface area contributed by atoms with Gasteiger partial charge < -0.3 is 10.1 Å². The van der Waals surface area contributed by atoms with E-state index in [1.807, 2.05) is 0 Å². The Morgan fingerprint density at radius 3 is 2.39 bits per heavy atom. The van der Waals surface area contributed by atoms with Crippen molar-refractivity contribution in [3.8, 4) is 5.75 Å². The molecule has 2 aromatic rings. The van der Waals surface area contributed by atoms with Crippen LogP contribution in [0.2, 0.25) is 5.02 Å². The predicted octanol–water partition coefficient (Wildman–Crippen LogP) is 3.71. The molecule has 0 saturated heterocycles. The second-order valence-corrected chi connectivity index (χ2v) is 6.24. The van der Waals surface area contributed by atoms with Gasteiger partial charge in [-0.1, -0.05) is 23.7 Å². The van der Waals surface area contributed by atoms with Crippen LogP contribution in [0.15, 0.2) is 48.5 Å². The fraction of sp³-hybridized carbons (Fsp3) is 0.278. The summed E-state index contributed by atoms with van der Waals surface area (Å²) in [6.45, 7) is 0.503. The topological polar surface area (TPSA) is 38.3 Å². The third-order valence-corrected chi connectivity index (χ3v) is 4.37. The monoisotopic (exact) mass is 333 g/mol. The molecule has 2 aromatic carbocycles. The smallest absolute Gasteiger partial charge is 0.257 e. The Bertz CT molecular complexity index is 681. The van der Waals surface area contributed by atoms with Gasteiger partial charge in [0.05, 0.1) is 0 Å². The van der Waals surface area contributed by atoms with E-state index in [1.54, 1.807) is 36.4 Å². The van der Waals surface area contributed by atoms with Crippen molar-refractivity contribution in [1.82, 2.24) is 5.32 Å². The largest absolute Gasteiger partial charge is 0.484 e. The number of benzene rings is 2. The molecule has 0 bridgehead atoms. The second kappa shape index (κ2) is 6.59. The van der Waals surface area contributed by atoms with E-state index in [0.29, 0.717) is 17.3 Å². The molecule has 23 heavy (non-hydrogen) atoms. The van der Waals surface area contributed by atoms with E-state index < -0.39 is 0 Å². The molecule has 0 spiro atoms. The van der Waals surface area contributed by atoms with E-state index in [2.05, 4.69) is 5.32 Å². The lowest BCUT2D eigenvalue weighted by Crippen LogP contribution is -2.35. The van der Waals surface area contributed by atoms with Crippen molar-refractivity contribution in [2.75, 3.05) is 13.2 Å². The van der Waals surface area contributed by atoms with E-state index in [4.69, 9.17) is 16.3 Å². The molecular formula is C18H17ClFNO2. The van der Waals surface area contributed by atoms with Crippen LogP contribution in [0.1, 0.15) is 18.4 Å². The minimum absolute atomic E-state index is 0.0405. The van der Waals surface area contributed by atoms with Gasteiger partial charge in [-0.15, -0.1) is 0 Å². The Morgan fingerprint density at radius 2 is 1.78 bits per heavy atom. The lowest BCUT2D eigenvalue weighted by Gasteiger charge is -2.17. The van der Waals surface area contributed by atoms with Crippen molar-refractivity contribution >= 4 is 17.5 Å². The number of hydrogen-bond donors (Lipinski definition) is 1. The van der Waals surface area contributed by atoms with Gasteiger partial charge in [0.15, 0.2) is 6.61 Å². The van der Waals surface area contributed by atoms with Crippen molar-refractivity contribution in [2.45, 2.75) is 18.3 Å². The highest BCUT2D eigenvalue weighted by Gasteiger charge is 2.44. The Kier molecular flexibility index (Phi) is 4.53. The normalized spacial score (nSPS) is 15.0. The van der Waals surface area contributed by atoms with E-state index >= 15 is 0 Å². The highest BCUT2D eigenvalue weighted by Crippen LogP contribution is 2.47. The zero-order chi connectivity index (χ0) is 16.3. The number of nitrogens with one attached hydrogen (secondary N) is 1. The van der Waals surface area contributed by atoms with Crippen LogP contribution in [0.25, 0.3) is 0 Å². The lowest BCUT2D eigenvalue weighted by molar-refractivity contribution is -0.123. The summed E-state index contributed by atoms with van der Waals surface area (Å²) >= 11 is 5.79. The molecule has 5 heteroatoms. The fourth-order valence-corrected chi connectivity index (χ4v) is 2.65. The van der Waals surface area contributed by atoms with Crippen LogP contribution in [0.3, 0.4) is 0 Å². The van der Waals surface area contributed by atoms with Gasteiger partial charge in [0.2, 0.25) is 0 Å². The quantitative estimate of drug-likeness (QED) is 0.875. The summed E-state index contributed by atoms with van der Waals surface area (Å²) in [7, 11) is 0. The fourth-order valence-electron chi connectivity index (χ4n) is 2.52. The molecule has 0 aliphatic heterocycles. The minimum Gasteiger partial charge on any atom is -0.484 e. The maximum atomic E-state index is 13.0. The molecule has 1 aliphatic rings. The molecule has 1 N–H and O–H groups in total. The van der Waals surface area contributed by atoms with E-state index in [0.717, 1.165) is 18.4 Å². The minimum atomic E-state index is -0.245. The van der Waals surface area contributed by atoms with Crippen LogP contribution in [-0.2, 0) is 10.2 Å². The SMILES string of the molecule is O=C(COc1ccc(Cl)cc1)NCC1(c2ccc(F)cc2)CC1. The lowest BCUT2D eigenvalue weighted by atomic mass is 9.96. The number of ether oxygens (including phenoxy) is 1. The summed E-state index contributed by atoms with van der Waals surface area (Å²) < 4.78 is 18.4. The van der Waals surface area contributed by atoms with Crippen molar-refractivity contribution in [3.63, 3.8) is 0 Å². The molecule has 120 valence electrons. The summed E-state index contributed by atoms with van der Waals surface area (Å²) in [5.41, 5.74) is 1.02. The number of rotatable bonds is 6. The average Bonchev–Trinajstić information content (AvgIpc) is 3.34. The van der Waals surface area contributed by atoms with Crippen molar-refractivity contribution in [1.29, 1.82) is 0 Å². The molecule has 1 aliphatic carbocycles. The standard InChI is InChI=1S/C18H17ClFNO2/c19-14-3-7-16(8-4-14)23-11-17(22)21-12-18(9-10-18)13-1-5-15(20)6-2-13/h1-8H,9-12H2,(H,21,22). The van der Waals surface area contributed by atoms with Crippen LogP contribution in [0.5, 0.6) is 5.75 Å². The zero-order valence-corrected chi connectivity index (χ0v) is 13.3. The molecule has 1 fully saturated rings. The van der Waals surface area contributed by atoms with E-state index in [-0.39, 0.29) is 23.7 Å². The third kappa shape index (κ3) is 4.02. The first-order chi connectivity index (χ1) is 11.1. The van der Waals surface area contributed by atoms with Crippen molar-refractivity contribution in [3.05, 3.63) is 64.9 Å². The van der Waals surface area contributed by atoms with Gasteiger partial charge in [-0.25, -0.2) is 4.39 Å². The Balaban J connectivity index is 1.49. The summed E-state index contributed by atoms with van der Waals surface area (Å²) in [4.78, 5) is 11.9. The molecule has 0 radical (unpaired) electrons. The van der Waals surface area contributed by atoms with Gasteiger partial charge in [-0.2, -0.15) is 0 Å². The number of halogens is 2. The molecule has 0 aromatic heterocycles. The van der Waals surface area contributed by atoms with Crippen LogP contribution in [0.4, 0.5) is 4.39 Å². The van der Waals surface area contributed by atoms with Crippen molar-refractivity contribution < 1.29 is 13.9 Å². The molecule has 3 rings (SSSR count). The summed E-state index contributed by atoms with van der Waals surface area (Å²) in [6.07, 6.45) is 1.99. The molecule has 1 amide bonds. The Hall–Kier alpha value is -2.07. The second-order valence-electron chi connectivity index (χ2n) is 5.81. The first-order valence-corrected chi connectivity index (χ1v) is 7.86. The Morgan fingerprint density at radius 1 is 1.13 bits per heavy atom. The van der Waals surface area contributed by atoms with E-state index in [1.165, 1.54) is 12.1 Å². The van der Waals surface area contributed by atoms with Crippen LogP contribution in [0, 0.1) is 5.82 Å². The van der Waals surface area contributed by atoms with Crippen molar-refractivity contribution in [2.24, 2.45) is 0 Å². The molecular weight excluding hydrogens is 317 g/mol. The van der Waals surface area contributed by atoms with Gasteiger partial charge >= 0.3 is 0 Å². The first-order valence-electron chi connectivity index (χ1n) is 7.49. The molecule has 1 saturated carbocycles. The number of hydrogen-bond acceptors (Lipinski definition) is 2. The maximum Gasteiger partial charge on any atom is 0.257 e.